The summed E-state index contributed by atoms with van der Waals surface area (Å²) in [5.41, 5.74) is 6.32. The zero-order valence-electron chi connectivity index (χ0n) is 9.20. The van der Waals surface area contributed by atoms with Gasteiger partial charge in [-0.25, -0.2) is 0 Å². The lowest BCUT2D eigenvalue weighted by Gasteiger charge is -2.19. The van der Waals surface area contributed by atoms with Crippen LogP contribution in [0.15, 0.2) is 18.3 Å². The maximum atomic E-state index is 9.60. The summed E-state index contributed by atoms with van der Waals surface area (Å²) >= 11 is 0. The molecule has 0 saturated heterocycles. The monoisotopic (exact) mass is 196 g/mol. The summed E-state index contributed by atoms with van der Waals surface area (Å²) in [4.78, 5) is 0. The van der Waals surface area contributed by atoms with E-state index in [-0.39, 0.29) is 6.04 Å². The van der Waals surface area contributed by atoms with Gasteiger partial charge >= 0.3 is 0 Å². The number of hydrogen-bond acceptors (Lipinski definition) is 2. The first-order chi connectivity index (χ1) is 6.40. The number of nitrogens with zero attached hydrogens (tertiary/aromatic N) is 1. The van der Waals surface area contributed by atoms with Crippen LogP contribution in [0.2, 0.25) is 0 Å². The SMILES string of the molecule is CC(N)c1cccn1CCC(C)(C)O. The summed E-state index contributed by atoms with van der Waals surface area (Å²) in [5.74, 6) is 0. The molecule has 0 aliphatic heterocycles. The summed E-state index contributed by atoms with van der Waals surface area (Å²) < 4.78 is 2.10. The van der Waals surface area contributed by atoms with Crippen LogP contribution in [0.5, 0.6) is 0 Å². The smallest absolute Gasteiger partial charge is 0.0608 e. The molecule has 0 saturated carbocycles. The van der Waals surface area contributed by atoms with Gasteiger partial charge in [0.15, 0.2) is 0 Å². The highest BCUT2D eigenvalue weighted by Crippen LogP contribution is 2.14. The number of nitrogens with two attached hydrogens (primary N) is 1. The van der Waals surface area contributed by atoms with Gasteiger partial charge in [0.1, 0.15) is 0 Å². The van der Waals surface area contributed by atoms with Gasteiger partial charge in [-0.1, -0.05) is 0 Å². The van der Waals surface area contributed by atoms with Crippen molar-refractivity contribution in [3.8, 4) is 0 Å². The molecule has 1 unspecified atom stereocenters. The Bertz CT molecular complexity index is 284. The molecule has 3 heteroatoms. The number of aryl methyl sites for hydroxylation is 1. The van der Waals surface area contributed by atoms with Crippen molar-refractivity contribution in [2.24, 2.45) is 5.73 Å². The van der Waals surface area contributed by atoms with Crippen molar-refractivity contribution >= 4 is 0 Å². The second kappa shape index (κ2) is 4.15. The molecular weight excluding hydrogens is 176 g/mol. The Hall–Kier alpha value is -0.800. The van der Waals surface area contributed by atoms with Crippen LogP contribution in [0.25, 0.3) is 0 Å². The van der Waals surface area contributed by atoms with Crippen molar-refractivity contribution in [3.63, 3.8) is 0 Å². The first-order valence-electron chi connectivity index (χ1n) is 5.03. The topological polar surface area (TPSA) is 51.2 Å². The Balaban J connectivity index is 2.63. The molecule has 0 aromatic carbocycles. The van der Waals surface area contributed by atoms with Crippen LogP contribution in [0.3, 0.4) is 0 Å². The lowest BCUT2D eigenvalue weighted by atomic mass is 10.1. The van der Waals surface area contributed by atoms with Gasteiger partial charge in [0.25, 0.3) is 0 Å². The molecule has 0 fully saturated rings. The maximum Gasteiger partial charge on any atom is 0.0608 e. The van der Waals surface area contributed by atoms with E-state index in [9.17, 15) is 5.11 Å². The van der Waals surface area contributed by atoms with Crippen LogP contribution in [-0.2, 0) is 6.54 Å². The molecule has 1 atom stereocenters. The zero-order chi connectivity index (χ0) is 10.8. The zero-order valence-corrected chi connectivity index (χ0v) is 9.20. The highest BCUT2D eigenvalue weighted by Gasteiger charge is 2.13. The minimum atomic E-state index is -0.612. The molecule has 0 spiro atoms. The van der Waals surface area contributed by atoms with E-state index in [1.54, 1.807) is 0 Å². The maximum absolute atomic E-state index is 9.60. The molecule has 0 radical (unpaired) electrons. The van der Waals surface area contributed by atoms with Crippen molar-refractivity contribution in [2.45, 2.75) is 45.4 Å². The fourth-order valence-corrected chi connectivity index (χ4v) is 1.44. The van der Waals surface area contributed by atoms with Crippen molar-refractivity contribution < 1.29 is 5.11 Å². The fourth-order valence-electron chi connectivity index (χ4n) is 1.44. The Morgan fingerprint density at radius 3 is 2.71 bits per heavy atom. The first-order valence-corrected chi connectivity index (χ1v) is 5.03. The third-order valence-corrected chi connectivity index (χ3v) is 2.30. The predicted molar refractivity (Wildman–Crippen MR) is 57.9 cm³/mol. The predicted octanol–water partition coefficient (Wildman–Crippen LogP) is 1.67. The number of aliphatic hydroxyl groups is 1. The van der Waals surface area contributed by atoms with Crippen molar-refractivity contribution in [3.05, 3.63) is 24.0 Å². The Kier molecular flexibility index (Phi) is 3.34. The van der Waals surface area contributed by atoms with Crippen molar-refractivity contribution in [2.75, 3.05) is 0 Å². The number of rotatable bonds is 4. The highest BCUT2D eigenvalue weighted by atomic mass is 16.3. The molecule has 1 aromatic rings. The highest BCUT2D eigenvalue weighted by molar-refractivity contribution is 5.10. The van der Waals surface area contributed by atoms with Gasteiger partial charge in [-0.2, -0.15) is 0 Å². The van der Waals surface area contributed by atoms with Crippen LogP contribution >= 0.6 is 0 Å². The van der Waals surface area contributed by atoms with Crippen LogP contribution in [0.1, 0.15) is 38.9 Å². The van der Waals surface area contributed by atoms with Gasteiger partial charge in [-0.15, -0.1) is 0 Å². The summed E-state index contributed by atoms with van der Waals surface area (Å²) in [6, 6.07) is 4.06. The van der Waals surface area contributed by atoms with Crippen LogP contribution in [-0.4, -0.2) is 15.3 Å². The molecule has 14 heavy (non-hydrogen) atoms. The molecule has 3 N–H and O–H groups in total. The molecule has 80 valence electrons. The molecule has 0 aliphatic rings. The standard InChI is InChI=1S/C11H20N2O/c1-9(12)10-5-4-7-13(10)8-6-11(2,3)14/h4-5,7,9,14H,6,8,12H2,1-3H3. The second-order valence-corrected chi connectivity index (χ2v) is 4.48. The van der Waals surface area contributed by atoms with Gasteiger partial charge in [0.2, 0.25) is 0 Å². The molecule has 0 bridgehead atoms. The molecule has 1 rings (SSSR count). The normalized spacial score (nSPS) is 14.4. The van der Waals surface area contributed by atoms with E-state index in [1.807, 2.05) is 39.1 Å². The molecule has 1 heterocycles. The van der Waals surface area contributed by atoms with Gasteiger partial charge < -0.3 is 15.4 Å². The van der Waals surface area contributed by atoms with Gasteiger partial charge in [-0.05, 0) is 39.3 Å². The van der Waals surface area contributed by atoms with E-state index in [4.69, 9.17) is 5.73 Å². The second-order valence-electron chi connectivity index (χ2n) is 4.48. The van der Waals surface area contributed by atoms with Gasteiger partial charge in [0.05, 0.1) is 5.60 Å². The third-order valence-electron chi connectivity index (χ3n) is 2.30. The van der Waals surface area contributed by atoms with Crippen molar-refractivity contribution in [1.29, 1.82) is 0 Å². The average molecular weight is 196 g/mol. The van der Waals surface area contributed by atoms with Crippen molar-refractivity contribution in [1.82, 2.24) is 4.57 Å². The van der Waals surface area contributed by atoms with Gasteiger partial charge in [0, 0.05) is 24.5 Å². The summed E-state index contributed by atoms with van der Waals surface area (Å²) in [6.45, 7) is 6.42. The average Bonchev–Trinajstić information content (AvgIpc) is 2.46. The van der Waals surface area contributed by atoms with E-state index < -0.39 is 5.60 Å². The lowest BCUT2D eigenvalue weighted by Crippen LogP contribution is -2.22. The Morgan fingerprint density at radius 2 is 2.21 bits per heavy atom. The summed E-state index contributed by atoms with van der Waals surface area (Å²) in [7, 11) is 0. The first kappa shape index (κ1) is 11.3. The molecule has 1 aromatic heterocycles. The molecule has 3 nitrogen and oxygen atoms in total. The minimum Gasteiger partial charge on any atom is -0.390 e. The number of aromatic nitrogens is 1. The summed E-state index contributed by atoms with van der Waals surface area (Å²) in [6.07, 6.45) is 2.74. The van der Waals surface area contributed by atoms with Crippen LogP contribution in [0.4, 0.5) is 0 Å². The Labute approximate surface area is 85.5 Å². The van der Waals surface area contributed by atoms with E-state index in [0.29, 0.717) is 0 Å². The molecule has 0 aliphatic carbocycles. The molecule has 0 amide bonds. The van der Waals surface area contributed by atoms with E-state index >= 15 is 0 Å². The minimum absolute atomic E-state index is 0.0480. The number of hydrogen-bond donors (Lipinski definition) is 2. The van der Waals surface area contributed by atoms with E-state index in [1.165, 1.54) is 0 Å². The Morgan fingerprint density at radius 1 is 1.57 bits per heavy atom. The van der Waals surface area contributed by atoms with Crippen LogP contribution < -0.4 is 5.73 Å². The van der Waals surface area contributed by atoms with E-state index in [2.05, 4.69) is 4.57 Å². The quantitative estimate of drug-likeness (QED) is 0.769. The van der Waals surface area contributed by atoms with E-state index in [0.717, 1.165) is 18.7 Å². The molecular formula is C11H20N2O. The van der Waals surface area contributed by atoms with Gasteiger partial charge in [-0.3, -0.25) is 0 Å². The summed E-state index contributed by atoms with van der Waals surface area (Å²) in [5, 5.41) is 9.60. The third kappa shape index (κ3) is 3.16. The van der Waals surface area contributed by atoms with Crippen LogP contribution in [0, 0.1) is 0 Å². The lowest BCUT2D eigenvalue weighted by molar-refractivity contribution is 0.0659. The largest absolute Gasteiger partial charge is 0.390 e. The fraction of sp³-hybridized carbons (Fsp3) is 0.636.